The Morgan fingerprint density at radius 2 is 1.55 bits per heavy atom. The smallest absolute Gasteiger partial charge is 0.287 e. The van der Waals surface area contributed by atoms with Gasteiger partial charge in [0, 0.05) is 25.2 Å². The molecular weight excluding hydrogens is 284 g/mol. The molecule has 1 aliphatic carbocycles. The minimum atomic E-state index is -0.523. The number of carbonyl (C=O) groups is 1. The zero-order chi connectivity index (χ0) is 15.6. The van der Waals surface area contributed by atoms with Gasteiger partial charge < -0.3 is 0 Å². The van der Waals surface area contributed by atoms with Crippen LogP contribution in [0.1, 0.15) is 16.1 Å². The summed E-state index contributed by atoms with van der Waals surface area (Å²) < 4.78 is 2.20. The summed E-state index contributed by atoms with van der Waals surface area (Å²) in [7, 11) is 2.88. The van der Waals surface area contributed by atoms with Gasteiger partial charge in [-0.1, -0.05) is 24.3 Å². The molecule has 0 amide bonds. The first-order valence-electron chi connectivity index (χ1n) is 6.62. The molecule has 7 heteroatoms. The highest BCUT2D eigenvalue weighted by atomic mass is 16.2. The molecule has 4 rings (SSSR count). The van der Waals surface area contributed by atoms with Gasteiger partial charge in [-0.15, -0.1) is 0 Å². The van der Waals surface area contributed by atoms with Gasteiger partial charge in [0.2, 0.25) is 5.78 Å². The van der Waals surface area contributed by atoms with Gasteiger partial charge in [-0.25, -0.2) is 14.8 Å². The summed E-state index contributed by atoms with van der Waals surface area (Å²) in [6.07, 6.45) is 0. The number of fused-ring (bicyclic) bond motifs is 4. The number of rotatable bonds is 0. The maximum Gasteiger partial charge on any atom is 0.332 e. The van der Waals surface area contributed by atoms with Gasteiger partial charge in [0.1, 0.15) is 11.4 Å². The van der Waals surface area contributed by atoms with E-state index >= 15 is 0 Å². The number of nitrogens with zero attached hydrogens (tertiary/aromatic N) is 4. The van der Waals surface area contributed by atoms with Crippen LogP contribution in [-0.2, 0) is 14.1 Å². The monoisotopic (exact) mass is 294 g/mol. The van der Waals surface area contributed by atoms with Crippen molar-refractivity contribution in [3.8, 4) is 11.3 Å². The summed E-state index contributed by atoms with van der Waals surface area (Å²) in [5.41, 5.74) is 0.907. The molecule has 0 N–H and O–H groups in total. The molecule has 7 nitrogen and oxygen atoms in total. The zero-order valence-corrected chi connectivity index (χ0v) is 11.8. The number of aromatic nitrogens is 4. The Balaban J connectivity index is 2.22. The van der Waals surface area contributed by atoms with Crippen LogP contribution in [0.2, 0.25) is 0 Å². The average molecular weight is 294 g/mol. The third-order valence-electron chi connectivity index (χ3n) is 3.92. The number of ketones is 1. The van der Waals surface area contributed by atoms with Crippen LogP contribution in [-0.4, -0.2) is 24.9 Å². The first-order valence-corrected chi connectivity index (χ1v) is 6.62. The first-order chi connectivity index (χ1) is 10.5. The van der Waals surface area contributed by atoms with E-state index in [9.17, 15) is 14.4 Å². The Hall–Kier alpha value is -3.09. The van der Waals surface area contributed by atoms with Crippen molar-refractivity contribution in [2.75, 3.05) is 0 Å². The van der Waals surface area contributed by atoms with Crippen molar-refractivity contribution < 1.29 is 4.79 Å². The van der Waals surface area contributed by atoms with Crippen LogP contribution in [0.25, 0.3) is 22.4 Å². The van der Waals surface area contributed by atoms with Crippen molar-refractivity contribution in [1.82, 2.24) is 19.1 Å². The van der Waals surface area contributed by atoms with Crippen LogP contribution in [0.5, 0.6) is 0 Å². The summed E-state index contributed by atoms with van der Waals surface area (Å²) in [5.74, 6) is -0.242. The molecule has 1 aliphatic rings. The average Bonchev–Trinajstić information content (AvgIpc) is 2.82. The maximum absolute atomic E-state index is 12.4. The van der Waals surface area contributed by atoms with Crippen LogP contribution in [0.4, 0.5) is 0 Å². The topological polar surface area (TPSA) is 86.8 Å². The zero-order valence-electron chi connectivity index (χ0n) is 11.8. The third kappa shape index (κ3) is 1.37. The van der Waals surface area contributed by atoms with Gasteiger partial charge in [-0.3, -0.25) is 18.7 Å². The second kappa shape index (κ2) is 3.97. The van der Waals surface area contributed by atoms with E-state index in [0.29, 0.717) is 16.8 Å². The van der Waals surface area contributed by atoms with Gasteiger partial charge in [0.05, 0.1) is 0 Å². The van der Waals surface area contributed by atoms with Gasteiger partial charge in [-0.2, -0.15) is 0 Å². The number of carbonyl (C=O) groups excluding carboxylic acids is 1. The molecule has 22 heavy (non-hydrogen) atoms. The molecule has 0 atom stereocenters. The van der Waals surface area contributed by atoms with Crippen LogP contribution in [0.3, 0.4) is 0 Å². The molecule has 0 aliphatic heterocycles. The normalized spacial score (nSPS) is 12.5. The molecule has 0 saturated carbocycles. The lowest BCUT2D eigenvalue weighted by Gasteiger charge is -2.07. The van der Waals surface area contributed by atoms with Crippen molar-refractivity contribution in [3.63, 3.8) is 0 Å². The minimum absolute atomic E-state index is 0.0767. The highest BCUT2D eigenvalue weighted by molar-refractivity contribution is 6.20. The van der Waals surface area contributed by atoms with E-state index in [-0.39, 0.29) is 22.6 Å². The summed E-state index contributed by atoms with van der Waals surface area (Å²) in [6.45, 7) is 0. The molecule has 1 aromatic carbocycles. The second-order valence-electron chi connectivity index (χ2n) is 5.17. The standard InChI is InChI=1S/C15H10N4O3/c1-18-13-11(14(21)19(2)15(18)22)16-9-7-5-3-4-6-8(7)12(20)10(9)17-13/h3-6H,1-2H3. The van der Waals surface area contributed by atoms with Crippen molar-refractivity contribution in [2.24, 2.45) is 14.1 Å². The number of hydrogen-bond donors (Lipinski definition) is 0. The van der Waals surface area contributed by atoms with Crippen LogP contribution >= 0.6 is 0 Å². The minimum Gasteiger partial charge on any atom is -0.287 e. The number of aryl methyl sites for hydroxylation is 1. The maximum atomic E-state index is 12.4. The fraction of sp³-hybridized carbons (Fsp3) is 0.133. The Bertz CT molecular complexity index is 1110. The Morgan fingerprint density at radius 1 is 0.864 bits per heavy atom. The highest BCUT2D eigenvalue weighted by Crippen LogP contribution is 2.34. The summed E-state index contributed by atoms with van der Waals surface area (Å²) in [4.78, 5) is 45.2. The first kappa shape index (κ1) is 12.6. The van der Waals surface area contributed by atoms with Gasteiger partial charge in [0.15, 0.2) is 11.2 Å². The number of hydrogen-bond acceptors (Lipinski definition) is 5. The van der Waals surface area contributed by atoms with E-state index in [1.54, 1.807) is 24.3 Å². The lowest BCUT2D eigenvalue weighted by molar-refractivity contribution is 0.103. The van der Waals surface area contributed by atoms with Gasteiger partial charge in [0.25, 0.3) is 5.56 Å². The van der Waals surface area contributed by atoms with E-state index in [4.69, 9.17) is 0 Å². The SMILES string of the molecule is Cn1c(=O)c2nc3c(nc2n(C)c1=O)C(=O)c1ccccc1-3. The van der Waals surface area contributed by atoms with E-state index in [2.05, 4.69) is 9.97 Å². The van der Waals surface area contributed by atoms with Crippen LogP contribution in [0, 0.1) is 0 Å². The van der Waals surface area contributed by atoms with Crippen LogP contribution < -0.4 is 11.2 Å². The molecule has 0 radical (unpaired) electrons. The Labute approximate surface area is 123 Å². The molecule has 0 spiro atoms. The molecule has 0 saturated heterocycles. The van der Waals surface area contributed by atoms with E-state index in [0.717, 1.165) is 4.57 Å². The quantitative estimate of drug-likeness (QED) is 0.463. The lowest BCUT2D eigenvalue weighted by atomic mass is 10.1. The Kier molecular flexibility index (Phi) is 2.28. The molecular formula is C15H10N4O3. The van der Waals surface area contributed by atoms with Crippen molar-refractivity contribution in [2.45, 2.75) is 0 Å². The van der Waals surface area contributed by atoms with Crippen LogP contribution in [0.15, 0.2) is 33.9 Å². The summed E-state index contributed by atoms with van der Waals surface area (Å²) in [5, 5.41) is 0. The van der Waals surface area contributed by atoms with E-state index < -0.39 is 11.2 Å². The van der Waals surface area contributed by atoms with Crippen molar-refractivity contribution in [1.29, 1.82) is 0 Å². The number of benzene rings is 1. The van der Waals surface area contributed by atoms with Crippen molar-refractivity contribution >= 4 is 16.9 Å². The Morgan fingerprint density at radius 3 is 2.27 bits per heavy atom. The van der Waals surface area contributed by atoms with Gasteiger partial charge >= 0.3 is 5.69 Å². The fourth-order valence-electron chi connectivity index (χ4n) is 2.73. The predicted octanol–water partition coefficient (Wildman–Crippen LogP) is 0.239. The second-order valence-corrected chi connectivity index (χ2v) is 5.17. The molecule has 2 aromatic heterocycles. The third-order valence-corrected chi connectivity index (χ3v) is 3.92. The lowest BCUT2D eigenvalue weighted by Crippen LogP contribution is -2.38. The largest absolute Gasteiger partial charge is 0.332 e. The summed E-state index contributed by atoms with van der Waals surface area (Å²) >= 11 is 0. The molecule has 0 bridgehead atoms. The van der Waals surface area contributed by atoms with Gasteiger partial charge in [-0.05, 0) is 0 Å². The molecule has 2 heterocycles. The molecule has 3 aromatic rings. The van der Waals surface area contributed by atoms with E-state index in [1.807, 2.05) is 0 Å². The fourth-order valence-corrected chi connectivity index (χ4v) is 2.73. The van der Waals surface area contributed by atoms with E-state index in [1.165, 1.54) is 18.7 Å². The highest BCUT2D eigenvalue weighted by Gasteiger charge is 2.30. The van der Waals surface area contributed by atoms with Crippen molar-refractivity contribution in [3.05, 3.63) is 56.4 Å². The predicted molar refractivity (Wildman–Crippen MR) is 78.9 cm³/mol. The summed E-state index contributed by atoms with van der Waals surface area (Å²) in [6, 6.07) is 7.03. The molecule has 0 unspecified atom stereocenters. The molecule has 108 valence electrons. The molecule has 0 fully saturated rings.